The number of rotatable bonds is 2. The van der Waals surface area contributed by atoms with Crippen molar-refractivity contribution in [3.63, 3.8) is 0 Å². The number of Topliss-reactive ketones (excluding diaryl/α,β-unsaturated/α-hetero) is 1. The maximum absolute atomic E-state index is 10.6. The Kier molecular flexibility index (Phi) is 11.8. The maximum atomic E-state index is 10.6. The molecule has 2 heteroatoms. The molecule has 1 aliphatic carbocycles. The minimum Gasteiger partial charge on any atom is -0.310 e. The third kappa shape index (κ3) is 7.96. The number of nitrogens with one attached hydrogen (secondary N) is 1. The van der Waals surface area contributed by atoms with E-state index in [1.54, 1.807) is 6.92 Å². The van der Waals surface area contributed by atoms with E-state index in [0.29, 0.717) is 12.3 Å². The van der Waals surface area contributed by atoms with Crippen molar-refractivity contribution in [1.82, 2.24) is 0 Å². The molecule has 1 fully saturated rings. The summed E-state index contributed by atoms with van der Waals surface area (Å²) in [7, 11) is 0. The van der Waals surface area contributed by atoms with Gasteiger partial charge in [-0.3, -0.25) is 0 Å². The Morgan fingerprint density at radius 1 is 1.36 bits per heavy atom. The summed E-state index contributed by atoms with van der Waals surface area (Å²) in [6, 6.07) is 0. The van der Waals surface area contributed by atoms with Crippen LogP contribution in [0.1, 0.15) is 60.3 Å². The third-order valence-corrected chi connectivity index (χ3v) is 1.97. The minimum absolute atomic E-state index is 0.264. The van der Waals surface area contributed by atoms with Crippen LogP contribution in [-0.2, 0) is 4.79 Å². The summed E-state index contributed by atoms with van der Waals surface area (Å²) >= 11 is 0. The highest BCUT2D eigenvalue weighted by Gasteiger charge is 2.20. The van der Waals surface area contributed by atoms with Gasteiger partial charge >= 0.3 is 0 Å². The smallest absolute Gasteiger partial charge is 0.130 e. The Morgan fingerprint density at radius 2 is 1.86 bits per heavy atom. The second kappa shape index (κ2) is 10.4. The Labute approximate surface area is 88.6 Å². The van der Waals surface area contributed by atoms with Gasteiger partial charge in [-0.15, -0.1) is 0 Å². The van der Waals surface area contributed by atoms with Gasteiger partial charge in [0.25, 0.3) is 0 Å². The highest BCUT2D eigenvalue weighted by molar-refractivity contribution is 5.85. The Morgan fingerprint density at radius 3 is 2.14 bits per heavy atom. The molecule has 84 valence electrons. The van der Waals surface area contributed by atoms with Crippen molar-refractivity contribution >= 4 is 11.5 Å². The average Bonchev–Trinajstić information content (AvgIpc) is 2.57. The molecule has 0 aliphatic heterocycles. The van der Waals surface area contributed by atoms with Crippen molar-refractivity contribution in [3.8, 4) is 0 Å². The fraction of sp³-hybridized carbons (Fsp3) is 0.833. The lowest BCUT2D eigenvalue weighted by Crippen LogP contribution is -2.01. The fourth-order valence-corrected chi connectivity index (χ4v) is 1.51. The van der Waals surface area contributed by atoms with Crippen LogP contribution in [0.4, 0.5) is 0 Å². The molecule has 1 aliphatic rings. The van der Waals surface area contributed by atoms with Crippen molar-refractivity contribution in [2.45, 2.75) is 60.3 Å². The van der Waals surface area contributed by atoms with Gasteiger partial charge < -0.3 is 10.2 Å². The molecule has 1 rings (SSSR count). The standard InChI is InChI=1S/C8H13NO.2C2H6/c1-6(10)4-7-2-3-8(9)5-7;2*1-2/h7,9H,2-5H2,1H3;2*1-2H3. The van der Waals surface area contributed by atoms with Crippen molar-refractivity contribution < 1.29 is 4.79 Å². The van der Waals surface area contributed by atoms with Crippen LogP contribution in [-0.4, -0.2) is 11.5 Å². The average molecular weight is 199 g/mol. The summed E-state index contributed by atoms with van der Waals surface area (Å²) in [5, 5.41) is 7.31. The highest BCUT2D eigenvalue weighted by Crippen LogP contribution is 2.24. The van der Waals surface area contributed by atoms with Gasteiger partial charge in [-0.05, 0) is 32.1 Å². The molecule has 0 aromatic heterocycles. The molecular formula is C12H25NO. The predicted molar refractivity (Wildman–Crippen MR) is 63.1 cm³/mol. The SMILES string of the molecule is CC.CC.CC(=O)CC1CCC(=N)C1. The zero-order valence-electron chi connectivity index (χ0n) is 10.3. The molecule has 0 aromatic carbocycles. The molecule has 0 amide bonds. The van der Waals surface area contributed by atoms with E-state index in [1.807, 2.05) is 27.7 Å². The maximum Gasteiger partial charge on any atom is 0.130 e. The van der Waals surface area contributed by atoms with Gasteiger partial charge in [-0.2, -0.15) is 0 Å². The first-order chi connectivity index (χ1) is 6.68. The van der Waals surface area contributed by atoms with E-state index in [1.165, 1.54) is 0 Å². The second-order valence-electron chi connectivity index (χ2n) is 3.12. The number of hydrogen-bond acceptors (Lipinski definition) is 2. The second-order valence-corrected chi connectivity index (χ2v) is 3.12. The predicted octanol–water partition coefficient (Wildman–Crippen LogP) is 3.84. The monoisotopic (exact) mass is 199 g/mol. The van der Waals surface area contributed by atoms with Crippen LogP contribution in [0.2, 0.25) is 0 Å². The first-order valence-corrected chi connectivity index (χ1v) is 5.74. The number of hydrogen-bond donors (Lipinski definition) is 1. The van der Waals surface area contributed by atoms with E-state index in [-0.39, 0.29) is 5.78 Å². The topological polar surface area (TPSA) is 40.9 Å². The van der Waals surface area contributed by atoms with E-state index in [4.69, 9.17) is 5.41 Å². The lowest BCUT2D eigenvalue weighted by molar-refractivity contribution is -0.117. The summed E-state index contributed by atoms with van der Waals surface area (Å²) in [6.07, 6.45) is 3.51. The van der Waals surface area contributed by atoms with E-state index in [9.17, 15) is 4.79 Å². The van der Waals surface area contributed by atoms with Crippen molar-refractivity contribution in [1.29, 1.82) is 5.41 Å². The van der Waals surface area contributed by atoms with Crippen LogP contribution in [0.5, 0.6) is 0 Å². The molecule has 0 spiro atoms. The lowest BCUT2D eigenvalue weighted by Gasteiger charge is -2.02. The zero-order chi connectivity index (χ0) is 11.6. The first-order valence-electron chi connectivity index (χ1n) is 5.74. The third-order valence-electron chi connectivity index (χ3n) is 1.97. The lowest BCUT2D eigenvalue weighted by atomic mass is 10.0. The van der Waals surface area contributed by atoms with E-state index < -0.39 is 0 Å². The van der Waals surface area contributed by atoms with Crippen molar-refractivity contribution in [3.05, 3.63) is 0 Å². The molecular weight excluding hydrogens is 174 g/mol. The largest absolute Gasteiger partial charge is 0.310 e. The molecule has 0 saturated heterocycles. The quantitative estimate of drug-likeness (QED) is 0.721. The minimum atomic E-state index is 0.264. The molecule has 1 saturated carbocycles. The van der Waals surface area contributed by atoms with Crippen LogP contribution >= 0.6 is 0 Å². The Hall–Kier alpha value is -0.660. The fourth-order valence-electron chi connectivity index (χ4n) is 1.51. The normalized spacial score (nSPS) is 18.9. The summed E-state index contributed by atoms with van der Waals surface area (Å²) in [5.41, 5.74) is 0.825. The molecule has 14 heavy (non-hydrogen) atoms. The van der Waals surface area contributed by atoms with Crippen molar-refractivity contribution in [2.75, 3.05) is 0 Å². The van der Waals surface area contributed by atoms with Crippen LogP contribution in [0.3, 0.4) is 0 Å². The van der Waals surface area contributed by atoms with Gasteiger partial charge in [-0.25, -0.2) is 0 Å². The molecule has 2 nitrogen and oxygen atoms in total. The first kappa shape index (κ1) is 15.8. The number of carbonyl (C=O) groups is 1. The molecule has 0 radical (unpaired) electrons. The van der Waals surface area contributed by atoms with Gasteiger partial charge in [0.15, 0.2) is 0 Å². The molecule has 0 bridgehead atoms. The molecule has 0 aromatic rings. The van der Waals surface area contributed by atoms with Gasteiger partial charge in [0.1, 0.15) is 5.78 Å². The number of ketones is 1. The van der Waals surface area contributed by atoms with Crippen LogP contribution in [0.25, 0.3) is 0 Å². The van der Waals surface area contributed by atoms with Gasteiger partial charge in [0, 0.05) is 12.1 Å². The Bertz CT molecular complexity index is 164. The molecule has 1 unspecified atom stereocenters. The van der Waals surface area contributed by atoms with Crippen molar-refractivity contribution in [2.24, 2.45) is 5.92 Å². The summed E-state index contributed by atoms with van der Waals surface area (Å²) in [5.74, 6) is 0.754. The summed E-state index contributed by atoms with van der Waals surface area (Å²) in [6.45, 7) is 9.63. The van der Waals surface area contributed by atoms with Crippen LogP contribution in [0.15, 0.2) is 0 Å². The van der Waals surface area contributed by atoms with E-state index >= 15 is 0 Å². The summed E-state index contributed by atoms with van der Waals surface area (Å²) < 4.78 is 0. The Balaban J connectivity index is 0. The van der Waals surface area contributed by atoms with Crippen LogP contribution < -0.4 is 0 Å². The number of carbonyl (C=O) groups excluding carboxylic acids is 1. The van der Waals surface area contributed by atoms with Gasteiger partial charge in [0.05, 0.1) is 0 Å². The van der Waals surface area contributed by atoms with E-state index in [2.05, 4.69) is 0 Å². The molecule has 0 heterocycles. The molecule has 1 atom stereocenters. The van der Waals surface area contributed by atoms with E-state index in [0.717, 1.165) is 25.0 Å². The van der Waals surface area contributed by atoms with Gasteiger partial charge in [-0.1, -0.05) is 27.7 Å². The highest BCUT2D eigenvalue weighted by atomic mass is 16.1. The van der Waals surface area contributed by atoms with Crippen LogP contribution in [0, 0.1) is 11.3 Å². The van der Waals surface area contributed by atoms with Gasteiger partial charge in [0.2, 0.25) is 0 Å². The molecule has 1 N–H and O–H groups in total. The summed E-state index contributed by atoms with van der Waals surface area (Å²) in [4.78, 5) is 10.6. The zero-order valence-corrected chi connectivity index (χ0v) is 10.3.